The van der Waals surface area contributed by atoms with Crippen LogP contribution in [0.15, 0.2) is 42.5 Å². The first-order valence-corrected chi connectivity index (χ1v) is 9.07. The maximum absolute atomic E-state index is 13.2. The lowest BCUT2D eigenvalue weighted by Gasteiger charge is -2.26. The smallest absolute Gasteiger partial charge is 0.332 e. The molecule has 2 aliphatic heterocycles. The Labute approximate surface area is 161 Å². The van der Waals surface area contributed by atoms with Crippen molar-refractivity contribution in [1.29, 1.82) is 0 Å². The number of hydrogen-bond donors (Lipinski definition) is 1. The molecular formula is C21H19N3O4. The Balaban J connectivity index is 1.56. The molecule has 0 unspecified atom stereocenters. The Hall–Kier alpha value is -3.48. The lowest BCUT2D eigenvalue weighted by Crippen LogP contribution is -2.39. The molecule has 7 heteroatoms. The van der Waals surface area contributed by atoms with Crippen molar-refractivity contribution in [3.63, 3.8) is 0 Å². The first-order chi connectivity index (χ1) is 13.6. The largest absolute Gasteiger partial charge is 0.497 e. The lowest BCUT2D eigenvalue weighted by molar-refractivity contribution is -0.120. The second-order valence-corrected chi connectivity index (χ2v) is 6.97. The number of fused-ring (bicyclic) bond motifs is 4. The number of benzene rings is 2. The number of amides is 3. The topological polar surface area (TPSA) is 74.9 Å². The van der Waals surface area contributed by atoms with Crippen molar-refractivity contribution >= 4 is 28.5 Å². The van der Waals surface area contributed by atoms with E-state index in [1.807, 2.05) is 24.3 Å². The summed E-state index contributed by atoms with van der Waals surface area (Å²) in [4.78, 5) is 32.6. The number of aromatic nitrogens is 1. The van der Waals surface area contributed by atoms with Crippen LogP contribution in [0.25, 0.3) is 10.9 Å². The van der Waals surface area contributed by atoms with Gasteiger partial charge >= 0.3 is 6.03 Å². The molecule has 0 aliphatic carbocycles. The highest BCUT2D eigenvalue weighted by Gasteiger charge is 2.49. The van der Waals surface area contributed by atoms with Gasteiger partial charge in [0.05, 0.1) is 26.5 Å². The number of carbonyl (C=O) groups is 2. The van der Waals surface area contributed by atoms with Crippen LogP contribution in [-0.2, 0) is 17.8 Å². The Morgan fingerprint density at radius 1 is 1.07 bits per heavy atom. The van der Waals surface area contributed by atoms with E-state index < -0.39 is 6.04 Å². The molecule has 2 aromatic carbocycles. The van der Waals surface area contributed by atoms with Gasteiger partial charge in [-0.15, -0.1) is 0 Å². The van der Waals surface area contributed by atoms with Crippen LogP contribution in [0.3, 0.4) is 0 Å². The van der Waals surface area contributed by atoms with E-state index in [0.29, 0.717) is 30.2 Å². The molecule has 28 heavy (non-hydrogen) atoms. The second-order valence-electron chi connectivity index (χ2n) is 6.97. The molecule has 3 amide bonds. The normalized spacial score (nSPS) is 18.4. The third-order valence-corrected chi connectivity index (χ3v) is 5.57. The number of hydrogen-bond acceptors (Lipinski definition) is 4. The number of H-pyrrole nitrogens is 1. The highest BCUT2D eigenvalue weighted by Crippen LogP contribution is 2.40. The molecule has 3 heterocycles. The molecule has 3 aromatic rings. The zero-order chi connectivity index (χ0) is 19.4. The fourth-order valence-electron chi connectivity index (χ4n) is 4.19. The Bertz CT molecular complexity index is 1120. The van der Waals surface area contributed by atoms with Crippen molar-refractivity contribution in [3.8, 4) is 11.5 Å². The summed E-state index contributed by atoms with van der Waals surface area (Å²) in [5.41, 5.74) is 3.52. The number of nitrogens with one attached hydrogen (secondary N) is 1. The molecule has 1 N–H and O–H groups in total. The summed E-state index contributed by atoms with van der Waals surface area (Å²) < 4.78 is 10.7. The standard InChI is InChI=1S/C21H19N3O4/c1-27-12-7-8-19(28-2)17(9-12)24-20(25)18-10-14-13-5-3-4-6-15(13)22-16(14)11-23(18)21(24)26/h3-9,18,22H,10-11H2,1-2H3/t18-/m0/s1. The number of methoxy groups -OCH3 is 2. The predicted octanol–water partition coefficient (Wildman–Crippen LogP) is 3.08. The van der Waals surface area contributed by atoms with Gasteiger partial charge in [0, 0.05) is 29.1 Å². The molecule has 1 atom stereocenters. The number of para-hydroxylation sites is 1. The third kappa shape index (κ3) is 2.22. The maximum Gasteiger partial charge on any atom is 0.332 e. The van der Waals surface area contributed by atoms with Gasteiger partial charge in [0.15, 0.2) is 0 Å². The van der Waals surface area contributed by atoms with Gasteiger partial charge in [0.25, 0.3) is 5.91 Å². The minimum Gasteiger partial charge on any atom is -0.497 e. The zero-order valence-electron chi connectivity index (χ0n) is 15.6. The van der Waals surface area contributed by atoms with Crippen LogP contribution in [0.4, 0.5) is 10.5 Å². The van der Waals surface area contributed by atoms with E-state index in [9.17, 15) is 9.59 Å². The predicted molar refractivity (Wildman–Crippen MR) is 104 cm³/mol. The van der Waals surface area contributed by atoms with E-state index in [4.69, 9.17) is 9.47 Å². The van der Waals surface area contributed by atoms with Crippen LogP contribution in [0.2, 0.25) is 0 Å². The molecule has 1 aromatic heterocycles. The molecule has 0 spiro atoms. The average Bonchev–Trinajstić information content (AvgIpc) is 3.21. The lowest BCUT2D eigenvalue weighted by atomic mass is 9.97. The van der Waals surface area contributed by atoms with Crippen molar-refractivity contribution < 1.29 is 19.1 Å². The molecule has 2 aliphatic rings. The minimum absolute atomic E-state index is 0.243. The zero-order valence-corrected chi connectivity index (χ0v) is 15.6. The molecule has 7 nitrogen and oxygen atoms in total. The number of ether oxygens (including phenoxy) is 2. The van der Waals surface area contributed by atoms with Gasteiger partial charge in [-0.1, -0.05) is 18.2 Å². The van der Waals surface area contributed by atoms with Crippen LogP contribution >= 0.6 is 0 Å². The number of anilines is 1. The second kappa shape index (κ2) is 6.02. The van der Waals surface area contributed by atoms with Gasteiger partial charge in [0.1, 0.15) is 17.5 Å². The summed E-state index contributed by atoms with van der Waals surface area (Å²) in [6.07, 6.45) is 0.493. The Morgan fingerprint density at radius 3 is 2.68 bits per heavy atom. The first-order valence-electron chi connectivity index (χ1n) is 9.07. The van der Waals surface area contributed by atoms with E-state index in [2.05, 4.69) is 4.98 Å². The maximum atomic E-state index is 13.2. The summed E-state index contributed by atoms with van der Waals surface area (Å²) in [6.45, 7) is 0.377. The van der Waals surface area contributed by atoms with E-state index in [0.717, 1.165) is 22.2 Å². The van der Waals surface area contributed by atoms with Crippen LogP contribution in [0, 0.1) is 0 Å². The SMILES string of the molecule is COc1ccc(OC)c(N2C(=O)[C@@H]3Cc4c([nH]c5ccccc45)CN3C2=O)c1. The van der Waals surface area contributed by atoms with E-state index >= 15 is 0 Å². The number of carbonyl (C=O) groups excluding carboxylic acids is 2. The van der Waals surface area contributed by atoms with E-state index in [-0.39, 0.29) is 11.9 Å². The van der Waals surface area contributed by atoms with Gasteiger partial charge in [-0.25, -0.2) is 9.69 Å². The fraction of sp³-hybridized carbons (Fsp3) is 0.238. The van der Waals surface area contributed by atoms with Crippen LogP contribution in [0.1, 0.15) is 11.3 Å². The number of nitrogens with zero attached hydrogens (tertiary/aromatic N) is 2. The van der Waals surface area contributed by atoms with Gasteiger partial charge in [-0.05, 0) is 23.8 Å². The summed E-state index contributed by atoms with van der Waals surface area (Å²) >= 11 is 0. The molecular weight excluding hydrogens is 358 g/mol. The summed E-state index contributed by atoms with van der Waals surface area (Å²) in [6, 6.07) is 12.2. The number of urea groups is 1. The highest BCUT2D eigenvalue weighted by atomic mass is 16.5. The monoisotopic (exact) mass is 377 g/mol. The van der Waals surface area contributed by atoms with Gasteiger partial charge < -0.3 is 19.4 Å². The van der Waals surface area contributed by atoms with Crippen molar-refractivity contribution in [2.75, 3.05) is 19.1 Å². The minimum atomic E-state index is -0.518. The average molecular weight is 377 g/mol. The van der Waals surface area contributed by atoms with Crippen LogP contribution < -0.4 is 14.4 Å². The Kier molecular flexibility index (Phi) is 3.58. The van der Waals surface area contributed by atoms with Crippen molar-refractivity contribution in [2.24, 2.45) is 0 Å². The van der Waals surface area contributed by atoms with Crippen molar-refractivity contribution in [1.82, 2.24) is 9.88 Å². The van der Waals surface area contributed by atoms with E-state index in [1.165, 1.54) is 12.0 Å². The molecule has 142 valence electrons. The van der Waals surface area contributed by atoms with Crippen LogP contribution in [-0.4, -0.2) is 42.1 Å². The molecule has 0 bridgehead atoms. The summed E-state index contributed by atoms with van der Waals surface area (Å²) in [7, 11) is 3.06. The number of imide groups is 1. The fourth-order valence-corrected chi connectivity index (χ4v) is 4.19. The summed E-state index contributed by atoms with van der Waals surface area (Å²) in [5, 5.41) is 1.11. The quantitative estimate of drug-likeness (QED) is 0.712. The first kappa shape index (κ1) is 16.7. The molecule has 0 saturated carbocycles. The number of rotatable bonds is 3. The van der Waals surface area contributed by atoms with Crippen LogP contribution in [0.5, 0.6) is 11.5 Å². The highest BCUT2D eigenvalue weighted by molar-refractivity contribution is 6.22. The van der Waals surface area contributed by atoms with Crippen molar-refractivity contribution in [2.45, 2.75) is 19.0 Å². The molecule has 1 fully saturated rings. The number of aromatic amines is 1. The Morgan fingerprint density at radius 2 is 1.89 bits per heavy atom. The molecule has 5 rings (SSSR count). The summed E-state index contributed by atoms with van der Waals surface area (Å²) in [5.74, 6) is 0.760. The van der Waals surface area contributed by atoms with Gasteiger partial charge in [0.2, 0.25) is 0 Å². The molecule has 1 saturated heterocycles. The van der Waals surface area contributed by atoms with Gasteiger partial charge in [-0.2, -0.15) is 0 Å². The third-order valence-electron chi connectivity index (χ3n) is 5.57. The van der Waals surface area contributed by atoms with E-state index in [1.54, 1.807) is 30.2 Å². The van der Waals surface area contributed by atoms with Gasteiger partial charge in [-0.3, -0.25) is 4.79 Å². The molecule has 0 radical (unpaired) electrons. The van der Waals surface area contributed by atoms with Crippen molar-refractivity contribution in [3.05, 3.63) is 53.7 Å².